The molecule has 0 radical (unpaired) electrons. The Kier molecular flexibility index (Phi) is 6.25. The van der Waals surface area contributed by atoms with Crippen LogP contribution in [0.5, 0.6) is 0 Å². The molecule has 2 N–H and O–H groups in total. The Morgan fingerprint density at radius 3 is 2.16 bits per heavy atom. The molecule has 0 aromatic carbocycles. The zero-order valence-electron chi connectivity index (χ0n) is 14.6. The first-order valence-electron chi connectivity index (χ1n) is 8.91. The summed E-state index contributed by atoms with van der Waals surface area (Å²) in [5.74, 6) is 1.92. The molecule has 0 saturated heterocycles. The average molecular weight is 339 g/mol. The van der Waals surface area contributed by atoms with E-state index in [1.807, 2.05) is 19.4 Å². The molecule has 2 aliphatic rings. The molecule has 132 valence electrons. The van der Waals surface area contributed by atoms with Crippen molar-refractivity contribution in [2.75, 3.05) is 10.9 Å². The Labute approximate surface area is 148 Å². The van der Waals surface area contributed by atoms with Gasteiger partial charge in [-0.1, -0.05) is 24.3 Å². The highest BCUT2D eigenvalue weighted by atomic mass is 15.4. The zero-order valence-corrected chi connectivity index (χ0v) is 14.6. The Bertz CT molecular complexity index is 678. The second kappa shape index (κ2) is 9.05. The van der Waals surface area contributed by atoms with E-state index in [2.05, 4.69) is 60.5 Å². The van der Waals surface area contributed by atoms with Gasteiger partial charge in [0.1, 0.15) is 5.69 Å². The number of allylic oxidation sites excluding steroid dienone is 4. The molecule has 1 aromatic rings. The van der Waals surface area contributed by atoms with Gasteiger partial charge >= 0.3 is 0 Å². The minimum atomic E-state index is 0.367. The van der Waals surface area contributed by atoms with Crippen LogP contribution in [0.4, 0.5) is 11.8 Å². The lowest BCUT2D eigenvalue weighted by molar-refractivity contribution is 0.626. The first-order valence-corrected chi connectivity index (χ1v) is 8.91. The van der Waals surface area contributed by atoms with Gasteiger partial charge in [0.25, 0.3) is 5.95 Å². The molecule has 0 unspecified atom stereocenters. The second-order valence-corrected chi connectivity index (χ2v) is 6.44. The van der Waals surface area contributed by atoms with Gasteiger partial charge in [-0.15, -0.1) is 10.2 Å². The number of hydrazone groups is 2. The van der Waals surface area contributed by atoms with Crippen LogP contribution in [-0.2, 0) is 0 Å². The summed E-state index contributed by atoms with van der Waals surface area (Å²) < 4.78 is 0. The second-order valence-electron chi connectivity index (χ2n) is 6.44. The van der Waals surface area contributed by atoms with E-state index < -0.39 is 0 Å². The van der Waals surface area contributed by atoms with Crippen LogP contribution in [0.1, 0.15) is 44.2 Å². The Morgan fingerprint density at radius 1 is 0.920 bits per heavy atom. The summed E-state index contributed by atoms with van der Waals surface area (Å²) in [6, 6.07) is 0. The van der Waals surface area contributed by atoms with E-state index in [-0.39, 0.29) is 0 Å². The van der Waals surface area contributed by atoms with Gasteiger partial charge in [-0.3, -0.25) is 5.43 Å². The SMILES string of the molecule is Cc1nnc(N/N=C\[C@H]2CC=CCC2)nc1N/N=C\[C@H]1CC=CCC1. The summed E-state index contributed by atoms with van der Waals surface area (Å²) in [6.07, 6.45) is 19.3. The molecular weight excluding hydrogens is 314 g/mol. The Balaban J connectivity index is 1.54. The highest BCUT2D eigenvalue weighted by Crippen LogP contribution is 2.17. The third-order valence-electron chi connectivity index (χ3n) is 4.38. The van der Waals surface area contributed by atoms with Crippen LogP contribution in [-0.4, -0.2) is 27.6 Å². The number of hydrogen-bond acceptors (Lipinski definition) is 7. The van der Waals surface area contributed by atoms with Crippen molar-refractivity contribution in [3.8, 4) is 0 Å². The maximum absolute atomic E-state index is 4.39. The third kappa shape index (κ3) is 5.48. The fraction of sp³-hybridized carbons (Fsp3) is 0.500. The van der Waals surface area contributed by atoms with Gasteiger partial charge < -0.3 is 0 Å². The van der Waals surface area contributed by atoms with Gasteiger partial charge in [0.15, 0.2) is 5.82 Å². The van der Waals surface area contributed by atoms with Crippen molar-refractivity contribution in [3.05, 3.63) is 30.0 Å². The van der Waals surface area contributed by atoms with Gasteiger partial charge in [-0.25, -0.2) is 5.43 Å². The Morgan fingerprint density at radius 2 is 1.56 bits per heavy atom. The number of rotatable bonds is 6. The zero-order chi connectivity index (χ0) is 17.3. The van der Waals surface area contributed by atoms with E-state index in [1.54, 1.807) is 0 Å². The fourth-order valence-electron chi connectivity index (χ4n) is 2.84. The molecule has 2 atom stereocenters. The molecule has 1 heterocycles. The molecule has 0 spiro atoms. The van der Waals surface area contributed by atoms with E-state index in [9.17, 15) is 0 Å². The van der Waals surface area contributed by atoms with E-state index in [0.29, 0.717) is 29.3 Å². The molecule has 0 saturated carbocycles. The minimum Gasteiger partial charge on any atom is -0.260 e. The molecule has 7 nitrogen and oxygen atoms in total. The number of nitrogens with one attached hydrogen (secondary N) is 2. The summed E-state index contributed by atoms with van der Waals surface area (Å²) in [5.41, 5.74) is 6.53. The number of hydrogen-bond donors (Lipinski definition) is 2. The number of aryl methyl sites for hydroxylation is 1. The predicted molar refractivity (Wildman–Crippen MR) is 102 cm³/mol. The first-order chi connectivity index (χ1) is 12.3. The molecule has 1 aromatic heterocycles. The lowest BCUT2D eigenvalue weighted by Crippen LogP contribution is -2.09. The van der Waals surface area contributed by atoms with Crippen LogP contribution in [0, 0.1) is 18.8 Å². The van der Waals surface area contributed by atoms with Crippen LogP contribution in [0.3, 0.4) is 0 Å². The highest BCUT2D eigenvalue weighted by Gasteiger charge is 2.08. The molecule has 7 heteroatoms. The van der Waals surface area contributed by atoms with Crippen LogP contribution >= 0.6 is 0 Å². The van der Waals surface area contributed by atoms with E-state index in [0.717, 1.165) is 38.5 Å². The van der Waals surface area contributed by atoms with Crippen molar-refractivity contribution < 1.29 is 0 Å². The van der Waals surface area contributed by atoms with Crippen LogP contribution in [0.15, 0.2) is 34.5 Å². The summed E-state index contributed by atoms with van der Waals surface area (Å²) in [7, 11) is 0. The van der Waals surface area contributed by atoms with Gasteiger partial charge in [-0.05, 0) is 57.3 Å². The maximum Gasteiger partial charge on any atom is 0.265 e. The topological polar surface area (TPSA) is 87.5 Å². The van der Waals surface area contributed by atoms with Crippen molar-refractivity contribution >= 4 is 24.2 Å². The van der Waals surface area contributed by atoms with E-state index in [1.165, 1.54) is 0 Å². The average Bonchev–Trinajstić information content (AvgIpc) is 2.66. The van der Waals surface area contributed by atoms with E-state index in [4.69, 9.17) is 0 Å². The largest absolute Gasteiger partial charge is 0.265 e. The summed E-state index contributed by atoms with van der Waals surface area (Å²) in [6.45, 7) is 1.85. The summed E-state index contributed by atoms with van der Waals surface area (Å²) >= 11 is 0. The van der Waals surface area contributed by atoms with Gasteiger partial charge in [0.2, 0.25) is 0 Å². The number of aromatic nitrogens is 3. The molecule has 25 heavy (non-hydrogen) atoms. The number of nitrogens with zero attached hydrogens (tertiary/aromatic N) is 5. The molecule has 3 rings (SSSR count). The van der Waals surface area contributed by atoms with Crippen molar-refractivity contribution in [1.29, 1.82) is 0 Å². The summed E-state index contributed by atoms with van der Waals surface area (Å²) in [4.78, 5) is 4.39. The molecule has 0 amide bonds. The predicted octanol–water partition coefficient (Wildman–Crippen LogP) is 3.69. The quantitative estimate of drug-likeness (QED) is 0.469. The lowest BCUT2D eigenvalue weighted by Gasteiger charge is -2.12. The smallest absolute Gasteiger partial charge is 0.260 e. The van der Waals surface area contributed by atoms with Crippen LogP contribution in [0.25, 0.3) is 0 Å². The van der Waals surface area contributed by atoms with Crippen LogP contribution < -0.4 is 10.9 Å². The molecule has 0 bridgehead atoms. The first kappa shape index (κ1) is 17.3. The summed E-state index contributed by atoms with van der Waals surface area (Å²) in [5, 5.41) is 16.7. The van der Waals surface area contributed by atoms with Crippen molar-refractivity contribution in [2.24, 2.45) is 22.0 Å². The number of anilines is 2. The molecular formula is C18H25N7. The molecule has 0 fully saturated rings. The van der Waals surface area contributed by atoms with Crippen molar-refractivity contribution in [2.45, 2.75) is 45.4 Å². The van der Waals surface area contributed by atoms with Crippen molar-refractivity contribution in [3.63, 3.8) is 0 Å². The van der Waals surface area contributed by atoms with Gasteiger partial charge in [0.05, 0.1) is 0 Å². The van der Waals surface area contributed by atoms with Crippen LogP contribution in [0.2, 0.25) is 0 Å². The Hall–Kier alpha value is -2.57. The maximum atomic E-state index is 4.39. The fourth-order valence-corrected chi connectivity index (χ4v) is 2.84. The monoisotopic (exact) mass is 339 g/mol. The highest BCUT2D eigenvalue weighted by molar-refractivity contribution is 5.63. The lowest BCUT2D eigenvalue weighted by atomic mass is 9.96. The van der Waals surface area contributed by atoms with Gasteiger partial charge in [0, 0.05) is 12.4 Å². The van der Waals surface area contributed by atoms with Gasteiger partial charge in [-0.2, -0.15) is 15.2 Å². The minimum absolute atomic E-state index is 0.367. The molecule has 2 aliphatic carbocycles. The van der Waals surface area contributed by atoms with E-state index >= 15 is 0 Å². The third-order valence-corrected chi connectivity index (χ3v) is 4.38. The molecule has 0 aliphatic heterocycles. The van der Waals surface area contributed by atoms with Crippen molar-refractivity contribution in [1.82, 2.24) is 15.2 Å². The standard InChI is InChI=1S/C18H25N7/c1-14-17(23-19-12-15-8-4-2-5-9-15)21-18(25-22-14)24-20-13-16-10-6-3-7-11-16/h2-4,6,12-13,15-16H,5,7-11H2,1H3,(H2,21,23,24,25)/b19-12-,20-13-/t15-,16-/m0/s1. The normalized spacial score (nSPS) is 23.4.